The summed E-state index contributed by atoms with van der Waals surface area (Å²) < 4.78 is 3.56. The van der Waals surface area contributed by atoms with Crippen molar-refractivity contribution in [3.05, 3.63) is 103 Å². The molecule has 3 heterocycles. The van der Waals surface area contributed by atoms with Gasteiger partial charge in [0.05, 0.1) is 5.69 Å². The monoisotopic (exact) mass is 394 g/mol. The number of fused-ring (bicyclic) bond motifs is 1. The minimum Gasteiger partial charge on any atom is -0.332 e. The highest BCUT2D eigenvalue weighted by Gasteiger charge is 2.18. The lowest BCUT2D eigenvalue weighted by Gasteiger charge is -2.13. The molecule has 5 rings (SSSR count). The molecule has 5 aromatic rings. The van der Waals surface area contributed by atoms with Gasteiger partial charge in [0, 0.05) is 23.6 Å². The van der Waals surface area contributed by atoms with Crippen molar-refractivity contribution in [2.75, 3.05) is 5.32 Å². The van der Waals surface area contributed by atoms with Crippen LogP contribution in [-0.4, -0.2) is 30.2 Å². The smallest absolute Gasteiger partial charge is 0.272 e. The first-order valence-corrected chi connectivity index (χ1v) is 9.53. The SMILES string of the molecule is O=C(Nc1cccnc1-n1cncn1)c1cc2ccccc2n1Cc1ccccc1. The molecule has 0 saturated heterocycles. The van der Waals surface area contributed by atoms with Crippen LogP contribution in [0, 0.1) is 0 Å². The number of pyridine rings is 1. The fourth-order valence-corrected chi connectivity index (χ4v) is 3.52. The average molecular weight is 394 g/mol. The Labute approximate surface area is 172 Å². The Kier molecular flexibility index (Phi) is 4.53. The number of carbonyl (C=O) groups excluding carboxylic acids is 1. The Balaban J connectivity index is 1.54. The van der Waals surface area contributed by atoms with Gasteiger partial charge in [-0.1, -0.05) is 48.5 Å². The van der Waals surface area contributed by atoms with Crippen LogP contribution in [-0.2, 0) is 6.54 Å². The van der Waals surface area contributed by atoms with Gasteiger partial charge in [-0.3, -0.25) is 4.79 Å². The van der Waals surface area contributed by atoms with Gasteiger partial charge in [0.25, 0.3) is 5.91 Å². The fraction of sp³-hybridized carbons (Fsp3) is 0.0435. The third kappa shape index (κ3) is 3.33. The molecular formula is C23H18N6O. The molecule has 0 spiro atoms. The molecule has 0 aliphatic carbocycles. The molecule has 0 aliphatic heterocycles. The number of hydrogen-bond acceptors (Lipinski definition) is 4. The predicted molar refractivity (Wildman–Crippen MR) is 115 cm³/mol. The van der Waals surface area contributed by atoms with Gasteiger partial charge in [-0.05, 0) is 29.8 Å². The molecule has 0 radical (unpaired) electrons. The molecule has 0 atom stereocenters. The van der Waals surface area contributed by atoms with E-state index in [4.69, 9.17) is 0 Å². The summed E-state index contributed by atoms with van der Waals surface area (Å²) in [5, 5.41) is 8.13. The third-order valence-electron chi connectivity index (χ3n) is 4.90. The molecule has 1 amide bonds. The molecule has 146 valence electrons. The van der Waals surface area contributed by atoms with Crippen molar-refractivity contribution >= 4 is 22.5 Å². The number of hydrogen-bond donors (Lipinski definition) is 1. The normalized spacial score (nSPS) is 10.9. The van der Waals surface area contributed by atoms with Crippen LogP contribution in [0.15, 0.2) is 91.6 Å². The highest BCUT2D eigenvalue weighted by Crippen LogP contribution is 2.23. The van der Waals surface area contributed by atoms with Crippen LogP contribution >= 0.6 is 0 Å². The zero-order chi connectivity index (χ0) is 20.3. The second-order valence-electron chi connectivity index (χ2n) is 6.83. The lowest BCUT2D eigenvalue weighted by molar-refractivity contribution is 0.101. The van der Waals surface area contributed by atoms with Gasteiger partial charge in [0.1, 0.15) is 18.3 Å². The van der Waals surface area contributed by atoms with E-state index >= 15 is 0 Å². The van der Waals surface area contributed by atoms with Crippen molar-refractivity contribution in [2.45, 2.75) is 6.54 Å². The number of benzene rings is 2. The molecule has 30 heavy (non-hydrogen) atoms. The van der Waals surface area contributed by atoms with Crippen LogP contribution in [0.4, 0.5) is 5.69 Å². The molecule has 1 N–H and O–H groups in total. The van der Waals surface area contributed by atoms with Crippen LogP contribution < -0.4 is 5.32 Å². The highest BCUT2D eigenvalue weighted by molar-refractivity contribution is 6.07. The topological polar surface area (TPSA) is 77.6 Å². The van der Waals surface area contributed by atoms with Gasteiger partial charge in [0.2, 0.25) is 0 Å². The van der Waals surface area contributed by atoms with E-state index in [0.717, 1.165) is 16.5 Å². The van der Waals surface area contributed by atoms with Gasteiger partial charge in [0.15, 0.2) is 5.82 Å². The molecule has 2 aromatic carbocycles. The fourth-order valence-electron chi connectivity index (χ4n) is 3.52. The number of rotatable bonds is 5. The van der Waals surface area contributed by atoms with E-state index in [9.17, 15) is 4.79 Å². The van der Waals surface area contributed by atoms with Gasteiger partial charge in [-0.15, -0.1) is 0 Å². The maximum atomic E-state index is 13.3. The van der Waals surface area contributed by atoms with Crippen LogP contribution in [0.5, 0.6) is 0 Å². The molecule has 0 unspecified atom stereocenters. The van der Waals surface area contributed by atoms with Crippen molar-refractivity contribution in [2.24, 2.45) is 0 Å². The molecular weight excluding hydrogens is 376 g/mol. The first-order chi connectivity index (χ1) is 14.8. The van der Waals surface area contributed by atoms with E-state index in [1.54, 1.807) is 24.7 Å². The van der Waals surface area contributed by atoms with Crippen LogP contribution in [0.1, 0.15) is 16.1 Å². The zero-order valence-electron chi connectivity index (χ0n) is 16.0. The molecule has 0 fully saturated rings. The van der Waals surface area contributed by atoms with E-state index in [2.05, 4.69) is 32.5 Å². The minimum atomic E-state index is -0.212. The number of para-hydroxylation sites is 1. The van der Waals surface area contributed by atoms with Crippen LogP contribution in [0.25, 0.3) is 16.7 Å². The molecule has 3 aromatic heterocycles. The first kappa shape index (κ1) is 17.8. The molecule has 0 aliphatic rings. The van der Waals surface area contributed by atoms with E-state index in [0.29, 0.717) is 23.7 Å². The average Bonchev–Trinajstić information content (AvgIpc) is 3.44. The molecule has 7 heteroatoms. The van der Waals surface area contributed by atoms with Crippen molar-refractivity contribution in [3.63, 3.8) is 0 Å². The maximum Gasteiger partial charge on any atom is 0.272 e. The number of carbonyl (C=O) groups is 1. The number of aromatic nitrogens is 5. The minimum absolute atomic E-state index is 0.212. The summed E-state index contributed by atoms with van der Waals surface area (Å²) in [6.45, 7) is 0.597. The van der Waals surface area contributed by atoms with Crippen LogP contribution in [0.3, 0.4) is 0 Å². The summed E-state index contributed by atoms with van der Waals surface area (Å²) in [4.78, 5) is 21.6. The number of amides is 1. The first-order valence-electron chi connectivity index (χ1n) is 9.53. The summed E-state index contributed by atoms with van der Waals surface area (Å²) >= 11 is 0. The summed E-state index contributed by atoms with van der Waals surface area (Å²) in [5.74, 6) is 0.297. The van der Waals surface area contributed by atoms with E-state index in [1.807, 2.05) is 53.1 Å². The van der Waals surface area contributed by atoms with Crippen LogP contribution in [0.2, 0.25) is 0 Å². The van der Waals surface area contributed by atoms with Gasteiger partial charge >= 0.3 is 0 Å². The van der Waals surface area contributed by atoms with Gasteiger partial charge in [-0.25, -0.2) is 14.6 Å². The second-order valence-corrected chi connectivity index (χ2v) is 6.83. The van der Waals surface area contributed by atoms with E-state index in [1.165, 1.54) is 11.0 Å². The highest BCUT2D eigenvalue weighted by atomic mass is 16.2. The number of anilines is 1. The Morgan fingerprint density at radius 3 is 2.63 bits per heavy atom. The molecule has 0 saturated carbocycles. The lowest BCUT2D eigenvalue weighted by atomic mass is 10.2. The van der Waals surface area contributed by atoms with E-state index < -0.39 is 0 Å². The molecule has 7 nitrogen and oxygen atoms in total. The largest absolute Gasteiger partial charge is 0.332 e. The zero-order valence-corrected chi connectivity index (χ0v) is 16.0. The van der Waals surface area contributed by atoms with Crippen molar-refractivity contribution in [3.8, 4) is 5.82 Å². The van der Waals surface area contributed by atoms with Gasteiger partial charge in [-0.2, -0.15) is 5.10 Å². The standard InChI is InChI=1S/C23H18N6O/c30-23(27-19-10-6-12-25-22(19)29-16-24-15-26-29)21-13-18-9-4-5-11-20(18)28(21)14-17-7-2-1-3-8-17/h1-13,15-16H,14H2,(H,27,30). The van der Waals surface area contributed by atoms with E-state index in [-0.39, 0.29) is 5.91 Å². The summed E-state index contributed by atoms with van der Waals surface area (Å²) in [6.07, 6.45) is 4.63. The maximum absolute atomic E-state index is 13.3. The van der Waals surface area contributed by atoms with Crippen molar-refractivity contribution in [1.29, 1.82) is 0 Å². The Morgan fingerprint density at radius 2 is 1.80 bits per heavy atom. The molecule has 0 bridgehead atoms. The summed E-state index contributed by atoms with van der Waals surface area (Å²) in [6, 6.07) is 23.6. The van der Waals surface area contributed by atoms with Crippen molar-refractivity contribution in [1.82, 2.24) is 24.3 Å². The summed E-state index contributed by atoms with van der Waals surface area (Å²) in [7, 11) is 0. The summed E-state index contributed by atoms with van der Waals surface area (Å²) in [5.41, 5.74) is 3.27. The Morgan fingerprint density at radius 1 is 0.967 bits per heavy atom. The number of nitrogens with one attached hydrogen (secondary N) is 1. The van der Waals surface area contributed by atoms with Gasteiger partial charge < -0.3 is 9.88 Å². The second kappa shape index (κ2) is 7.63. The predicted octanol–water partition coefficient (Wildman–Crippen LogP) is 3.92. The van der Waals surface area contributed by atoms with Crippen molar-refractivity contribution < 1.29 is 4.79 Å². The quantitative estimate of drug-likeness (QED) is 0.490. The third-order valence-corrected chi connectivity index (χ3v) is 4.90. The Bertz CT molecular complexity index is 1310. The Hall–Kier alpha value is -4.26. The number of nitrogens with zero attached hydrogens (tertiary/aromatic N) is 5. The lowest BCUT2D eigenvalue weighted by Crippen LogP contribution is -2.19.